The Morgan fingerprint density at radius 2 is 2.16 bits per heavy atom. The molecule has 1 heterocycles. The van der Waals surface area contributed by atoms with Gasteiger partial charge in [0.25, 0.3) is 0 Å². The summed E-state index contributed by atoms with van der Waals surface area (Å²) in [7, 11) is 0. The largest absolute Gasteiger partial charge is 0.394 e. The van der Waals surface area contributed by atoms with Crippen molar-refractivity contribution in [1.29, 1.82) is 0 Å². The molecule has 1 aliphatic heterocycles. The van der Waals surface area contributed by atoms with Gasteiger partial charge in [-0.05, 0) is 31.4 Å². The van der Waals surface area contributed by atoms with E-state index in [0.29, 0.717) is 12.5 Å². The summed E-state index contributed by atoms with van der Waals surface area (Å²) >= 11 is 0. The van der Waals surface area contributed by atoms with Crippen LogP contribution in [0.3, 0.4) is 0 Å². The highest BCUT2D eigenvalue weighted by Crippen LogP contribution is 2.25. The van der Waals surface area contributed by atoms with Gasteiger partial charge in [0.1, 0.15) is 6.04 Å². The molecule has 0 aromatic heterocycles. The van der Waals surface area contributed by atoms with Crippen LogP contribution in [-0.4, -0.2) is 36.8 Å². The Morgan fingerprint density at radius 3 is 2.79 bits per heavy atom. The summed E-state index contributed by atoms with van der Waals surface area (Å²) < 4.78 is 0. The maximum Gasteiger partial charge on any atom is 0.245 e. The Balaban J connectivity index is 2.39. The van der Waals surface area contributed by atoms with E-state index in [1.54, 1.807) is 0 Å². The first-order valence-electron chi connectivity index (χ1n) is 6.75. The number of rotatable bonds is 2. The third kappa shape index (κ3) is 2.89. The Hall–Kier alpha value is -1.55. The van der Waals surface area contributed by atoms with E-state index in [0.717, 1.165) is 17.8 Å². The first kappa shape index (κ1) is 13.9. The van der Waals surface area contributed by atoms with E-state index < -0.39 is 6.04 Å². The van der Waals surface area contributed by atoms with Crippen molar-refractivity contribution in [3.8, 4) is 0 Å². The SMILES string of the molecule is Cc1ccc(N2CC(C)CNC(=O)C2CO)c(C)c1. The summed E-state index contributed by atoms with van der Waals surface area (Å²) in [6.45, 7) is 7.48. The number of hydrogen-bond acceptors (Lipinski definition) is 3. The number of aliphatic hydroxyl groups is 1. The lowest BCUT2D eigenvalue weighted by Gasteiger charge is -2.31. The van der Waals surface area contributed by atoms with E-state index in [9.17, 15) is 9.90 Å². The molecule has 4 heteroatoms. The van der Waals surface area contributed by atoms with E-state index in [4.69, 9.17) is 0 Å². The average molecular weight is 262 g/mol. The molecule has 19 heavy (non-hydrogen) atoms. The van der Waals surface area contributed by atoms with Crippen LogP contribution in [-0.2, 0) is 4.79 Å². The zero-order valence-corrected chi connectivity index (χ0v) is 11.8. The number of hydrogen-bond donors (Lipinski definition) is 2. The lowest BCUT2D eigenvalue weighted by molar-refractivity contribution is -0.122. The highest BCUT2D eigenvalue weighted by Gasteiger charge is 2.30. The molecule has 2 atom stereocenters. The first-order valence-corrected chi connectivity index (χ1v) is 6.75. The fourth-order valence-electron chi connectivity index (χ4n) is 2.64. The number of aryl methyl sites for hydroxylation is 2. The molecule has 0 saturated carbocycles. The number of benzene rings is 1. The lowest BCUT2D eigenvalue weighted by Crippen LogP contribution is -2.47. The lowest BCUT2D eigenvalue weighted by atomic mass is 10.1. The number of amides is 1. The van der Waals surface area contributed by atoms with Crippen molar-refractivity contribution in [3.63, 3.8) is 0 Å². The van der Waals surface area contributed by atoms with Crippen LogP contribution in [0, 0.1) is 19.8 Å². The molecule has 1 aromatic rings. The van der Waals surface area contributed by atoms with Crippen molar-refractivity contribution in [1.82, 2.24) is 5.32 Å². The summed E-state index contributed by atoms with van der Waals surface area (Å²) in [6.07, 6.45) is 0. The maximum absolute atomic E-state index is 12.0. The van der Waals surface area contributed by atoms with Gasteiger partial charge in [-0.2, -0.15) is 0 Å². The molecule has 1 amide bonds. The highest BCUT2D eigenvalue weighted by atomic mass is 16.3. The molecule has 1 saturated heterocycles. The third-order valence-electron chi connectivity index (χ3n) is 3.65. The van der Waals surface area contributed by atoms with Crippen LogP contribution in [0.2, 0.25) is 0 Å². The monoisotopic (exact) mass is 262 g/mol. The molecular weight excluding hydrogens is 240 g/mol. The summed E-state index contributed by atoms with van der Waals surface area (Å²) in [5.74, 6) is 0.271. The van der Waals surface area contributed by atoms with Crippen LogP contribution in [0.25, 0.3) is 0 Å². The van der Waals surface area contributed by atoms with Crippen LogP contribution >= 0.6 is 0 Å². The molecule has 2 rings (SSSR count). The summed E-state index contributed by atoms with van der Waals surface area (Å²) in [4.78, 5) is 14.1. The second-order valence-electron chi connectivity index (χ2n) is 5.49. The molecule has 1 fully saturated rings. The second-order valence-corrected chi connectivity index (χ2v) is 5.49. The van der Waals surface area contributed by atoms with Crippen molar-refractivity contribution in [2.45, 2.75) is 26.8 Å². The molecule has 2 N–H and O–H groups in total. The minimum atomic E-state index is -0.494. The fourth-order valence-corrected chi connectivity index (χ4v) is 2.64. The maximum atomic E-state index is 12.0. The van der Waals surface area contributed by atoms with E-state index in [2.05, 4.69) is 25.2 Å². The smallest absolute Gasteiger partial charge is 0.245 e. The molecule has 4 nitrogen and oxygen atoms in total. The number of nitrogens with zero attached hydrogens (tertiary/aromatic N) is 1. The number of aliphatic hydroxyl groups excluding tert-OH is 1. The van der Waals surface area contributed by atoms with Crippen molar-refractivity contribution >= 4 is 11.6 Å². The van der Waals surface area contributed by atoms with Crippen LogP contribution < -0.4 is 10.2 Å². The van der Waals surface area contributed by atoms with Crippen LogP contribution in [0.5, 0.6) is 0 Å². The van der Waals surface area contributed by atoms with Gasteiger partial charge in [-0.1, -0.05) is 24.6 Å². The van der Waals surface area contributed by atoms with Crippen molar-refractivity contribution in [3.05, 3.63) is 29.3 Å². The normalized spacial score (nSPS) is 24.0. The molecule has 0 spiro atoms. The molecule has 0 radical (unpaired) electrons. The highest BCUT2D eigenvalue weighted by molar-refractivity contribution is 5.86. The van der Waals surface area contributed by atoms with Gasteiger partial charge in [-0.15, -0.1) is 0 Å². The molecule has 1 aromatic carbocycles. The van der Waals surface area contributed by atoms with Gasteiger partial charge >= 0.3 is 0 Å². The van der Waals surface area contributed by atoms with Crippen LogP contribution in [0.4, 0.5) is 5.69 Å². The molecule has 1 aliphatic rings. The Kier molecular flexibility index (Phi) is 4.10. The Labute approximate surface area is 114 Å². The summed E-state index contributed by atoms with van der Waals surface area (Å²) in [5, 5.41) is 12.4. The van der Waals surface area contributed by atoms with Crippen LogP contribution in [0.1, 0.15) is 18.1 Å². The quantitative estimate of drug-likeness (QED) is 0.843. The van der Waals surface area contributed by atoms with E-state index in [1.165, 1.54) is 5.56 Å². The van der Waals surface area contributed by atoms with Gasteiger partial charge in [0, 0.05) is 18.8 Å². The minimum Gasteiger partial charge on any atom is -0.394 e. The van der Waals surface area contributed by atoms with Gasteiger partial charge in [0.2, 0.25) is 5.91 Å². The Morgan fingerprint density at radius 1 is 1.42 bits per heavy atom. The van der Waals surface area contributed by atoms with E-state index in [1.807, 2.05) is 24.0 Å². The van der Waals surface area contributed by atoms with Gasteiger partial charge in [0.15, 0.2) is 0 Å². The molecule has 104 valence electrons. The van der Waals surface area contributed by atoms with Crippen LogP contribution in [0.15, 0.2) is 18.2 Å². The molecular formula is C15H22N2O2. The van der Waals surface area contributed by atoms with E-state index in [-0.39, 0.29) is 12.5 Å². The number of carbonyl (C=O) groups is 1. The predicted octanol–water partition coefficient (Wildman–Crippen LogP) is 1.24. The zero-order valence-electron chi connectivity index (χ0n) is 11.8. The zero-order chi connectivity index (χ0) is 14.0. The van der Waals surface area contributed by atoms with Crippen molar-refractivity contribution < 1.29 is 9.90 Å². The second kappa shape index (κ2) is 5.61. The van der Waals surface area contributed by atoms with Gasteiger partial charge in [-0.25, -0.2) is 0 Å². The van der Waals surface area contributed by atoms with Crippen molar-refractivity contribution in [2.75, 3.05) is 24.6 Å². The topological polar surface area (TPSA) is 52.6 Å². The first-order chi connectivity index (χ1) is 9.02. The van der Waals surface area contributed by atoms with Gasteiger partial charge in [0.05, 0.1) is 6.61 Å². The van der Waals surface area contributed by atoms with Gasteiger partial charge in [-0.3, -0.25) is 4.79 Å². The molecule has 0 bridgehead atoms. The third-order valence-corrected chi connectivity index (χ3v) is 3.65. The standard InChI is InChI=1S/C15H22N2O2/c1-10-4-5-13(12(3)6-10)17-8-11(2)7-16-15(19)14(17)9-18/h4-6,11,14,18H,7-9H2,1-3H3,(H,16,19). The number of nitrogens with one attached hydrogen (secondary N) is 1. The van der Waals surface area contributed by atoms with Crippen molar-refractivity contribution in [2.24, 2.45) is 5.92 Å². The number of carbonyl (C=O) groups excluding carboxylic acids is 1. The minimum absolute atomic E-state index is 0.0909. The molecule has 2 unspecified atom stereocenters. The fraction of sp³-hybridized carbons (Fsp3) is 0.533. The van der Waals surface area contributed by atoms with E-state index >= 15 is 0 Å². The number of anilines is 1. The Bertz CT molecular complexity index is 473. The predicted molar refractivity (Wildman–Crippen MR) is 76.3 cm³/mol. The summed E-state index contributed by atoms with van der Waals surface area (Å²) in [6, 6.07) is 5.70. The summed E-state index contributed by atoms with van der Waals surface area (Å²) in [5.41, 5.74) is 3.38. The molecule has 0 aliphatic carbocycles. The average Bonchev–Trinajstić information content (AvgIpc) is 2.49. The van der Waals surface area contributed by atoms with Gasteiger partial charge < -0.3 is 15.3 Å².